The second-order valence-electron chi connectivity index (χ2n) is 5.21. The van der Waals surface area contributed by atoms with Gasteiger partial charge < -0.3 is 11.2 Å². The van der Waals surface area contributed by atoms with Crippen LogP contribution in [0.3, 0.4) is 0 Å². The summed E-state index contributed by atoms with van der Waals surface area (Å²) >= 11 is 8.53. The predicted octanol–water partition coefficient (Wildman–Crippen LogP) is 3.67. The third kappa shape index (κ3) is 3.46. The van der Waals surface area contributed by atoms with Gasteiger partial charge in [-0.05, 0) is 60.8 Å². The lowest BCUT2D eigenvalue weighted by Crippen LogP contribution is -2.47. The number of nitrogens with zero attached hydrogens (tertiary/aromatic N) is 1. The quantitative estimate of drug-likeness (QED) is 0.823. The summed E-state index contributed by atoms with van der Waals surface area (Å²) in [7, 11) is 0. The first kappa shape index (κ1) is 14.8. The van der Waals surface area contributed by atoms with Crippen molar-refractivity contribution in [2.24, 2.45) is 5.73 Å². The van der Waals surface area contributed by atoms with Crippen molar-refractivity contribution in [2.45, 2.75) is 45.2 Å². The second-order valence-corrected chi connectivity index (χ2v) is 6.50. The molecule has 0 saturated carbocycles. The summed E-state index contributed by atoms with van der Waals surface area (Å²) in [6.07, 6.45) is 3.79. The summed E-state index contributed by atoms with van der Waals surface area (Å²) in [6.45, 7) is 4.53. The van der Waals surface area contributed by atoms with Gasteiger partial charge in [0.05, 0.1) is 5.69 Å². The molecule has 0 radical (unpaired) electrons. The number of nitrogens with one attached hydrogen (secondary N) is 1. The van der Waals surface area contributed by atoms with E-state index in [1.807, 2.05) is 18.2 Å². The van der Waals surface area contributed by atoms with Crippen molar-refractivity contribution in [3.63, 3.8) is 0 Å². The van der Waals surface area contributed by atoms with E-state index in [9.17, 15) is 0 Å². The van der Waals surface area contributed by atoms with Crippen molar-refractivity contribution in [1.82, 2.24) is 5.01 Å². The van der Waals surface area contributed by atoms with Gasteiger partial charge in [0, 0.05) is 22.1 Å². The van der Waals surface area contributed by atoms with Crippen LogP contribution in [0.15, 0.2) is 22.7 Å². The SMILES string of the molecule is CC1CCCC(C)N1Nc1ccc(C(N)=S)c(Br)c1. The van der Waals surface area contributed by atoms with Crippen LogP contribution in [0.1, 0.15) is 38.7 Å². The van der Waals surface area contributed by atoms with E-state index < -0.39 is 0 Å². The van der Waals surface area contributed by atoms with Crippen molar-refractivity contribution in [1.29, 1.82) is 0 Å². The Hall–Kier alpha value is -0.650. The monoisotopic (exact) mass is 341 g/mol. The second kappa shape index (κ2) is 6.20. The van der Waals surface area contributed by atoms with Gasteiger partial charge in [-0.2, -0.15) is 0 Å². The Bertz CT molecular complexity index is 468. The van der Waals surface area contributed by atoms with Crippen molar-refractivity contribution < 1.29 is 0 Å². The molecule has 0 spiro atoms. The van der Waals surface area contributed by atoms with Crippen molar-refractivity contribution in [3.05, 3.63) is 28.2 Å². The number of hydrogen-bond acceptors (Lipinski definition) is 3. The van der Waals surface area contributed by atoms with Gasteiger partial charge in [-0.1, -0.05) is 18.6 Å². The third-order valence-corrected chi connectivity index (χ3v) is 4.56. The van der Waals surface area contributed by atoms with Crippen LogP contribution in [-0.4, -0.2) is 22.1 Å². The maximum atomic E-state index is 5.66. The first-order valence-electron chi connectivity index (χ1n) is 6.63. The summed E-state index contributed by atoms with van der Waals surface area (Å²) in [5, 5.41) is 2.34. The number of nitrogens with two attached hydrogens (primary N) is 1. The molecule has 19 heavy (non-hydrogen) atoms. The molecule has 1 aromatic carbocycles. The maximum absolute atomic E-state index is 5.66. The van der Waals surface area contributed by atoms with Crippen molar-refractivity contribution in [2.75, 3.05) is 5.43 Å². The zero-order valence-electron chi connectivity index (χ0n) is 11.3. The Balaban J connectivity index is 2.14. The van der Waals surface area contributed by atoms with Gasteiger partial charge in [-0.15, -0.1) is 0 Å². The summed E-state index contributed by atoms with van der Waals surface area (Å²) in [4.78, 5) is 0.415. The van der Waals surface area contributed by atoms with E-state index >= 15 is 0 Å². The molecule has 0 aliphatic carbocycles. The number of hydrogen-bond donors (Lipinski definition) is 2. The smallest absolute Gasteiger partial charge is 0.105 e. The van der Waals surface area contributed by atoms with Crippen LogP contribution in [-0.2, 0) is 0 Å². The number of piperidine rings is 1. The zero-order valence-corrected chi connectivity index (χ0v) is 13.7. The largest absolute Gasteiger partial charge is 0.389 e. The van der Waals surface area contributed by atoms with Crippen LogP contribution in [0.2, 0.25) is 0 Å². The Morgan fingerprint density at radius 1 is 1.37 bits per heavy atom. The summed E-state index contributed by atoms with van der Waals surface area (Å²) in [5.74, 6) is 0. The topological polar surface area (TPSA) is 41.3 Å². The summed E-state index contributed by atoms with van der Waals surface area (Å²) in [6, 6.07) is 7.11. The van der Waals surface area contributed by atoms with Crippen LogP contribution >= 0.6 is 28.1 Å². The molecule has 0 aromatic heterocycles. The lowest BCUT2D eigenvalue weighted by Gasteiger charge is -2.39. The Labute approximate surface area is 128 Å². The molecule has 5 heteroatoms. The number of hydrazine groups is 1. The van der Waals surface area contributed by atoms with Gasteiger partial charge >= 0.3 is 0 Å². The van der Waals surface area contributed by atoms with Crippen LogP contribution < -0.4 is 11.2 Å². The maximum Gasteiger partial charge on any atom is 0.105 e. The molecule has 1 saturated heterocycles. The highest BCUT2D eigenvalue weighted by molar-refractivity contribution is 9.10. The van der Waals surface area contributed by atoms with Gasteiger partial charge in [-0.3, -0.25) is 0 Å². The number of halogens is 1. The average molecular weight is 342 g/mol. The molecule has 3 nitrogen and oxygen atoms in total. The third-order valence-electron chi connectivity index (χ3n) is 3.69. The fraction of sp³-hybridized carbons (Fsp3) is 0.500. The predicted molar refractivity (Wildman–Crippen MR) is 88.3 cm³/mol. The Morgan fingerprint density at radius 2 is 2.00 bits per heavy atom. The van der Waals surface area contributed by atoms with Crippen molar-refractivity contribution >= 4 is 38.8 Å². The van der Waals surface area contributed by atoms with E-state index in [4.69, 9.17) is 18.0 Å². The van der Waals surface area contributed by atoms with Crippen molar-refractivity contribution in [3.8, 4) is 0 Å². The molecule has 2 unspecified atom stereocenters. The lowest BCUT2D eigenvalue weighted by atomic mass is 10.00. The Morgan fingerprint density at radius 3 is 2.53 bits per heavy atom. The molecular weight excluding hydrogens is 322 g/mol. The number of rotatable bonds is 3. The molecule has 1 aromatic rings. The van der Waals surface area contributed by atoms with E-state index in [0.29, 0.717) is 17.1 Å². The van der Waals surface area contributed by atoms with Crippen LogP contribution in [0.4, 0.5) is 5.69 Å². The fourth-order valence-electron chi connectivity index (χ4n) is 2.58. The van der Waals surface area contributed by atoms with E-state index in [2.05, 4.69) is 40.2 Å². The molecule has 104 valence electrons. The van der Waals surface area contributed by atoms with Gasteiger partial charge in [0.1, 0.15) is 4.99 Å². The molecule has 1 fully saturated rings. The first-order chi connectivity index (χ1) is 8.99. The minimum atomic E-state index is 0.415. The molecule has 1 aliphatic rings. The van der Waals surface area contributed by atoms with E-state index in [-0.39, 0.29) is 0 Å². The highest BCUT2D eigenvalue weighted by Gasteiger charge is 2.24. The first-order valence-corrected chi connectivity index (χ1v) is 7.83. The Kier molecular flexibility index (Phi) is 4.81. The zero-order chi connectivity index (χ0) is 14.0. The van der Waals surface area contributed by atoms with Gasteiger partial charge in [0.15, 0.2) is 0 Å². The summed E-state index contributed by atoms with van der Waals surface area (Å²) in [5.41, 5.74) is 11.1. The lowest BCUT2D eigenvalue weighted by molar-refractivity contribution is 0.136. The minimum absolute atomic E-state index is 0.415. The molecule has 1 heterocycles. The van der Waals surface area contributed by atoms with Crippen LogP contribution in [0.25, 0.3) is 0 Å². The van der Waals surface area contributed by atoms with Gasteiger partial charge in [-0.25, -0.2) is 5.01 Å². The van der Waals surface area contributed by atoms with E-state index in [1.54, 1.807) is 0 Å². The number of benzene rings is 1. The highest BCUT2D eigenvalue weighted by Crippen LogP contribution is 2.26. The molecule has 2 rings (SSSR count). The van der Waals surface area contributed by atoms with E-state index in [0.717, 1.165) is 15.7 Å². The molecule has 2 atom stereocenters. The van der Waals surface area contributed by atoms with Crippen LogP contribution in [0.5, 0.6) is 0 Å². The molecule has 0 bridgehead atoms. The minimum Gasteiger partial charge on any atom is -0.389 e. The number of anilines is 1. The normalized spacial score (nSPS) is 24.2. The molecule has 0 amide bonds. The molecule has 1 aliphatic heterocycles. The number of thiocarbonyl (C=S) groups is 1. The average Bonchev–Trinajstić information content (AvgIpc) is 2.33. The van der Waals surface area contributed by atoms with Gasteiger partial charge in [0.2, 0.25) is 0 Å². The van der Waals surface area contributed by atoms with E-state index in [1.165, 1.54) is 19.3 Å². The highest BCUT2D eigenvalue weighted by atomic mass is 79.9. The van der Waals surface area contributed by atoms with Crippen LogP contribution in [0, 0.1) is 0 Å². The molecular formula is C14H20BrN3S. The fourth-order valence-corrected chi connectivity index (χ4v) is 3.48. The standard InChI is InChI=1S/C14H20BrN3S/c1-9-4-3-5-10(2)18(9)17-11-6-7-12(14(16)19)13(15)8-11/h6-10,17H,3-5H2,1-2H3,(H2,16,19). The molecule has 3 N–H and O–H groups in total. The van der Waals surface area contributed by atoms with Gasteiger partial charge in [0.25, 0.3) is 0 Å². The summed E-state index contributed by atoms with van der Waals surface area (Å²) < 4.78 is 0.933.